The minimum absolute atomic E-state index is 0.0659. The molecule has 2 N–H and O–H groups in total. The average Bonchev–Trinajstić information content (AvgIpc) is 3.60. The molecule has 1 aliphatic rings. The van der Waals surface area contributed by atoms with Crippen molar-refractivity contribution in [1.29, 1.82) is 0 Å². The highest BCUT2D eigenvalue weighted by Crippen LogP contribution is 2.41. The number of ether oxygens (including phenoxy) is 1. The van der Waals surface area contributed by atoms with Crippen molar-refractivity contribution < 1.29 is 14.6 Å². The topological polar surface area (TPSA) is 97.2 Å². The summed E-state index contributed by atoms with van der Waals surface area (Å²) in [7, 11) is 3.42. The molecule has 0 amide bonds. The van der Waals surface area contributed by atoms with Crippen LogP contribution in [-0.2, 0) is 11.2 Å². The number of methoxy groups -OCH3 is 1. The van der Waals surface area contributed by atoms with Gasteiger partial charge in [0, 0.05) is 25.1 Å². The Hall–Kier alpha value is -2.70. The number of nitrogens with zero attached hydrogens (tertiary/aromatic N) is 3. The number of unbranched alkanes of at least 4 members (excludes halogenated alkanes) is 3. The number of aromatic nitrogens is 3. The molecule has 1 saturated carbocycles. The summed E-state index contributed by atoms with van der Waals surface area (Å²) < 4.78 is 4.99. The maximum Gasteiger partial charge on any atom is 0.316 e. The van der Waals surface area contributed by atoms with Crippen LogP contribution in [0.2, 0.25) is 0 Å². The van der Waals surface area contributed by atoms with Crippen LogP contribution in [0.3, 0.4) is 0 Å². The number of carboxylic acids is 1. The van der Waals surface area contributed by atoms with Crippen LogP contribution in [0.15, 0.2) is 24.5 Å². The van der Waals surface area contributed by atoms with Crippen molar-refractivity contribution in [3.05, 3.63) is 41.3 Å². The molecule has 2 heterocycles. The van der Waals surface area contributed by atoms with Gasteiger partial charge in [-0.05, 0) is 61.1 Å². The molecular weight excluding hydrogens is 380 g/mol. The number of aliphatic carboxylic acids is 1. The summed E-state index contributed by atoms with van der Waals surface area (Å²) in [6.07, 6.45) is 12.2. The van der Waals surface area contributed by atoms with E-state index in [1.807, 2.05) is 7.05 Å². The molecule has 1 atom stereocenters. The van der Waals surface area contributed by atoms with E-state index in [0.717, 1.165) is 49.9 Å². The highest BCUT2D eigenvalue weighted by molar-refractivity contribution is 5.68. The molecule has 7 heteroatoms. The van der Waals surface area contributed by atoms with Gasteiger partial charge in [0.2, 0.25) is 0 Å². The average molecular weight is 413 g/mol. The Balaban J connectivity index is 1.45. The first kappa shape index (κ1) is 22.0. The normalized spacial score (nSPS) is 14.3. The highest BCUT2D eigenvalue weighted by atomic mass is 16.5. The number of pyridine rings is 1. The molecule has 0 aliphatic heterocycles. The van der Waals surface area contributed by atoms with Crippen molar-refractivity contribution in [3.63, 3.8) is 0 Å². The van der Waals surface area contributed by atoms with Crippen molar-refractivity contribution in [2.24, 2.45) is 0 Å². The Kier molecular flexibility index (Phi) is 7.99. The van der Waals surface area contributed by atoms with Gasteiger partial charge in [-0.3, -0.25) is 4.79 Å². The number of rotatable bonds is 13. The van der Waals surface area contributed by atoms with E-state index in [-0.39, 0.29) is 12.3 Å². The van der Waals surface area contributed by atoms with Crippen molar-refractivity contribution in [1.82, 2.24) is 15.0 Å². The lowest BCUT2D eigenvalue weighted by molar-refractivity contribution is -0.137. The van der Waals surface area contributed by atoms with Crippen molar-refractivity contribution in [2.75, 3.05) is 19.5 Å². The lowest BCUT2D eigenvalue weighted by Crippen LogP contribution is -2.08. The molecule has 7 nitrogen and oxygen atoms in total. The van der Waals surface area contributed by atoms with Gasteiger partial charge in [0.1, 0.15) is 5.82 Å². The lowest BCUT2D eigenvalue weighted by atomic mass is 9.92. The van der Waals surface area contributed by atoms with Crippen LogP contribution < -0.4 is 10.1 Å². The van der Waals surface area contributed by atoms with Gasteiger partial charge in [0.15, 0.2) is 0 Å². The summed E-state index contributed by atoms with van der Waals surface area (Å²) in [4.78, 5) is 24.3. The zero-order valence-electron chi connectivity index (χ0n) is 17.9. The van der Waals surface area contributed by atoms with Gasteiger partial charge in [-0.2, -0.15) is 0 Å². The molecule has 2 aromatic heterocycles. The predicted molar refractivity (Wildman–Crippen MR) is 116 cm³/mol. The third-order valence-corrected chi connectivity index (χ3v) is 5.72. The SMILES string of the molecule is CNc1ccc(C2CC2)c(CCCCCC[C@@H](CC(=O)O)c2cnc(OC)nc2)n1. The molecule has 1 fully saturated rings. The van der Waals surface area contributed by atoms with E-state index >= 15 is 0 Å². The maximum atomic E-state index is 11.3. The van der Waals surface area contributed by atoms with Crippen LogP contribution >= 0.6 is 0 Å². The van der Waals surface area contributed by atoms with Crippen LogP contribution in [-0.4, -0.2) is 40.2 Å². The zero-order valence-corrected chi connectivity index (χ0v) is 17.9. The van der Waals surface area contributed by atoms with E-state index in [1.165, 1.54) is 31.2 Å². The zero-order chi connectivity index (χ0) is 21.3. The predicted octanol–water partition coefficient (Wildman–Crippen LogP) is 4.55. The Morgan fingerprint density at radius 3 is 2.57 bits per heavy atom. The number of carboxylic acid groups (broad SMARTS) is 1. The van der Waals surface area contributed by atoms with Gasteiger partial charge in [0.25, 0.3) is 0 Å². The van der Waals surface area contributed by atoms with Gasteiger partial charge >= 0.3 is 12.0 Å². The number of hydrogen-bond donors (Lipinski definition) is 2. The number of nitrogens with one attached hydrogen (secondary N) is 1. The monoisotopic (exact) mass is 412 g/mol. The van der Waals surface area contributed by atoms with Crippen LogP contribution in [0.1, 0.15) is 80.0 Å². The Labute approximate surface area is 178 Å². The summed E-state index contributed by atoms with van der Waals surface area (Å²) >= 11 is 0. The van der Waals surface area contributed by atoms with Crippen LogP contribution in [0.4, 0.5) is 5.82 Å². The second kappa shape index (κ2) is 10.9. The van der Waals surface area contributed by atoms with Gasteiger partial charge < -0.3 is 15.2 Å². The number of hydrogen-bond acceptors (Lipinski definition) is 6. The maximum absolute atomic E-state index is 11.3. The first-order valence-electron chi connectivity index (χ1n) is 10.9. The quantitative estimate of drug-likeness (QED) is 0.466. The van der Waals surface area contributed by atoms with Crippen molar-refractivity contribution in [3.8, 4) is 6.01 Å². The molecule has 162 valence electrons. The number of anilines is 1. The number of aryl methyl sites for hydroxylation is 1. The summed E-state index contributed by atoms with van der Waals surface area (Å²) in [6.45, 7) is 0. The van der Waals surface area contributed by atoms with Crippen molar-refractivity contribution in [2.45, 2.75) is 69.6 Å². The third-order valence-electron chi connectivity index (χ3n) is 5.72. The van der Waals surface area contributed by atoms with Gasteiger partial charge in [-0.1, -0.05) is 25.3 Å². The summed E-state index contributed by atoms with van der Waals surface area (Å²) in [6, 6.07) is 4.61. The molecular formula is C23H32N4O3. The van der Waals surface area contributed by atoms with E-state index < -0.39 is 5.97 Å². The minimum atomic E-state index is -0.793. The molecule has 0 radical (unpaired) electrons. The summed E-state index contributed by atoms with van der Waals surface area (Å²) in [5.74, 6) is 0.789. The van der Waals surface area contributed by atoms with E-state index in [1.54, 1.807) is 12.4 Å². The van der Waals surface area contributed by atoms with Crippen LogP contribution in [0.5, 0.6) is 6.01 Å². The first-order chi connectivity index (χ1) is 14.6. The standard InChI is InChI=1S/C23H32N4O3/c1-24-21-12-11-19(16-9-10-16)20(27-21)8-6-4-3-5-7-17(13-22(28)29)18-14-25-23(30-2)26-15-18/h11-12,14-17H,3-10,13H2,1-2H3,(H,24,27)(H,28,29)/t17-/m0/s1. The Morgan fingerprint density at radius 1 is 1.20 bits per heavy atom. The second-order valence-electron chi connectivity index (χ2n) is 8.01. The second-order valence-corrected chi connectivity index (χ2v) is 8.01. The van der Waals surface area contributed by atoms with E-state index in [4.69, 9.17) is 9.72 Å². The van der Waals surface area contributed by atoms with Crippen molar-refractivity contribution >= 4 is 11.8 Å². The van der Waals surface area contributed by atoms with E-state index in [0.29, 0.717) is 11.9 Å². The molecule has 0 saturated heterocycles. The van der Waals surface area contributed by atoms with Crippen LogP contribution in [0, 0.1) is 0 Å². The first-order valence-corrected chi connectivity index (χ1v) is 10.9. The molecule has 2 aromatic rings. The fourth-order valence-electron chi connectivity index (χ4n) is 3.89. The molecule has 3 rings (SSSR count). The fraction of sp³-hybridized carbons (Fsp3) is 0.565. The summed E-state index contributed by atoms with van der Waals surface area (Å²) in [5.41, 5.74) is 3.53. The molecule has 0 spiro atoms. The fourth-order valence-corrected chi connectivity index (χ4v) is 3.89. The van der Waals surface area contributed by atoms with E-state index in [9.17, 15) is 9.90 Å². The van der Waals surface area contributed by atoms with Gasteiger partial charge in [-0.15, -0.1) is 0 Å². The largest absolute Gasteiger partial charge is 0.481 e. The molecule has 1 aliphatic carbocycles. The molecule has 0 aromatic carbocycles. The Morgan fingerprint density at radius 2 is 1.93 bits per heavy atom. The minimum Gasteiger partial charge on any atom is -0.481 e. The molecule has 0 bridgehead atoms. The van der Waals surface area contributed by atoms with Gasteiger partial charge in [-0.25, -0.2) is 15.0 Å². The lowest BCUT2D eigenvalue weighted by Gasteiger charge is -2.15. The van der Waals surface area contributed by atoms with E-state index in [2.05, 4.69) is 27.4 Å². The molecule has 30 heavy (non-hydrogen) atoms. The third kappa shape index (κ3) is 6.40. The number of carbonyl (C=O) groups is 1. The highest BCUT2D eigenvalue weighted by Gasteiger charge is 2.26. The smallest absolute Gasteiger partial charge is 0.316 e. The van der Waals surface area contributed by atoms with Gasteiger partial charge in [0.05, 0.1) is 13.5 Å². The molecule has 0 unspecified atom stereocenters. The Bertz CT molecular complexity index is 822. The summed E-state index contributed by atoms with van der Waals surface area (Å²) in [5, 5.41) is 12.4. The van der Waals surface area contributed by atoms with Crippen LogP contribution in [0.25, 0.3) is 0 Å².